The van der Waals surface area contributed by atoms with E-state index in [2.05, 4.69) is 48.4 Å². The number of amides is 2. The molecule has 1 aliphatic rings. The molecule has 0 aliphatic carbocycles. The molecule has 30 heavy (non-hydrogen) atoms. The second-order valence-corrected chi connectivity index (χ2v) is 9.26. The van der Waals surface area contributed by atoms with E-state index >= 15 is 0 Å². The van der Waals surface area contributed by atoms with Gasteiger partial charge in [-0.3, -0.25) is 4.90 Å². The maximum absolute atomic E-state index is 12.1. The monoisotopic (exact) mass is 427 g/mol. The fourth-order valence-electron chi connectivity index (χ4n) is 4.43. The van der Waals surface area contributed by atoms with Gasteiger partial charge < -0.3 is 10.6 Å². The first kappa shape index (κ1) is 22.8. The number of nitrogens with zero attached hydrogens (tertiary/aromatic N) is 2. The molecule has 0 bridgehead atoms. The van der Waals surface area contributed by atoms with Crippen molar-refractivity contribution in [3.8, 4) is 0 Å². The summed E-state index contributed by atoms with van der Waals surface area (Å²) in [5.74, 6) is 0.617. The third kappa shape index (κ3) is 5.86. The van der Waals surface area contributed by atoms with E-state index in [1.807, 2.05) is 17.4 Å². The summed E-state index contributed by atoms with van der Waals surface area (Å²) < 4.78 is 1.30. The molecule has 1 saturated heterocycles. The summed E-state index contributed by atoms with van der Waals surface area (Å²) in [5.41, 5.74) is 8.08. The number of thiophene rings is 1. The van der Waals surface area contributed by atoms with Crippen LogP contribution >= 0.6 is 11.3 Å². The van der Waals surface area contributed by atoms with E-state index in [0.29, 0.717) is 12.5 Å². The van der Waals surface area contributed by atoms with Crippen LogP contribution in [-0.2, 0) is 0 Å². The molecule has 2 N–H and O–H groups in total. The smallest absolute Gasteiger partial charge is 0.319 e. The number of hydrogen-bond donors (Lipinski definition) is 1. The number of rotatable bonds is 10. The molecule has 2 heterocycles. The minimum atomic E-state index is -0.378. The Morgan fingerprint density at radius 1 is 1.23 bits per heavy atom. The van der Waals surface area contributed by atoms with Gasteiger partial charge in [-0.2, -0.15) is 0 Å². The van der Waals surface area contributed by atoms with Crippen LogP contribution in [0.3, 0.4) is 0 Å². The van der Waals surface area contributed by atoms with Crippen molar-refractivity contribution < 1.29 is 4.79 Å². The van der Waals surface area contributed by atoms with Gasteiger partial charge in [0.2, 0.25) is 0 Å². The van der Waals surface area contributed by atoms with Crippen LogP contribution in [-0.4, -0.2) is 37.1 Å². The van der Waals surface area contributed by atoms with Crippen molar-refractivity contribution >= 4 is 33.1 Å². The Hall–Kier alpha value is -1.85. The Bertz CT molecular complexity index is 836. The van der Waals surface area contributed by atoms with Crippen molar-refractivity contribution in [2.75, 3.05) is 31.1 Å². The number of urea groups is 1. The molecule has 0 spiro atoms. The number of carbonyl (C=O) groups is 1. The van der Waals surface area contributed by atoms with Gasteiger partial charge >= 0.3 is 6.03 Å². The van der Waals surface area contributed by atoms with E-state index in [0.717, 1.165) is 18.5 Å². The SMILES string of the molecule is CCC=CCCN(C(N)=O)c1ccc2scc(C3CCN(CCCCC)CC3)c2c1. The van der Waals surface area contributed by atoms with Crippen molar-refractivity contribution in [2.24, 2.45) is 5.73 Å². The van der Waals surface area contributed by atoms with Gasteiger partial charge in [0, 0.05) is 16.9 Å². The number of benzene rings is 1. The van der Waals surface area contributed by atoms with E-state index in [-0.39, 0.29) is 6.03 Å². The number of anilines is 1. The predicted molar refractivity (Wildman–Crippen MR) is 131 cm³/mol. The highest BCUT2D eigenvalue weighted by Gasteiger charge is 2.23. The van der Waals surface area contributed by atoms with Crippen molar-refractivity contribution in [3.63, 3.8) is 0 Å². The topological polar surface area (TPSA) is 49.6 Å². The third-order valence-electron chi connectivity index (χ3n) is 6.19. The molecular weight excluding hydrogens is 390 g/mol. The van der Waals surface area contributed by atoms with Crippen LogP contribution in [0.4, 0.5) is 10.5 Å². The van der Waals surface area contributed by atoms with E-state index in [1.54, 1.807) is 4.90 Å². The first-order valence-electron chi connectivity index (χ1n) is 11.6. The molecule has 0 saturated carbocycles. The van der Waals surface area contributed by atoms with Crippen LogP contribution in [0.25, 0.3) is 10.1 Å². The zero-order chi connectivity index (χ0) is 21.3. The predicted octanol–water partition coefficient (Wildman–Crippen LogP) is 6.51. The second kappa shape index (κ2) is 11.5. The molecule has 4 nitrogen and oxygen atoms in total. The van der Waals surface area contributed by atoms with Crippen LogP contribution in [0, 0.1) is 0 Å². The van der Waals surface area contributed by atoms with Crippen LogP contribution in [0.2, 0.25) is 0 Å². The molecule has 2 amide bonds. The summed E-state index contributed by atoms with van der Waals surface area (Å²) in [6.07, 6.45) is 12.5. The number of nitrogens with two attached hydrogens (primary N) is 1. The molecule has 1 fully saturated rings. The molecule has 2 aromatic rings. The van der Waals surface area contributed by atoms with Gasteiger partial charge in [0.25, 0.3) is 0 Å². The van der Waals surface area contributed by atoms with Gasteiger partial charge in [0.05, 0.1) is 0 Å². The Morgan fingerprint density at radius 2 is 2.03 bits per heavy atom. The highest BCUT2D eigenvalue weighted by atomic mass is 32.1. The van der Waals surface area contributed by atoms with Gasteiger partial charge in [0.15, 0.2) is 0 Å². The molecule has 0 radical (unpaired) electrons. The minimum absolute atomic E-state index is 0.378. The van der Waals surface area contributed by atoms with E-state index in [9.17, 15) is 4.79 Å². The number of piperidine rings is 1. The fourth-order valence-corrected chi connectivity index (χ4v) is 5.45. The third-order valence-corrected chi connectivity index (χ3v) is 7.17. The second-order valence-electron chi connectivity index (χ2n) is 8.35. The molecule has 164 valence electrons. The lowest BCUT2D eigenvalue weighted by Gasteiger charge is -2.32. The van der Waals surface area contributed by atoms with Gasteiger partial charge in [-0.1, -0.05) is 38.8 Å². The number of fused-ring (bicyclic) bond motifs is 1. The Balaban J connectivity index is 1.71. The summed E-state index contributed by atoms with van der Waals surface area (Å²) in [7, 11) is 0. The molecule has 0 atom stereocenters. The molecule has 3 rings (SSSR count). The standard InChI is InChI=1S/C25H37N3OS/c1-3-5-7-9-15-28(25(26)29)21-10-11-24-22(18-21)23(19-30-24)20-12-16-27(17-13-20)14-8-6-4-2/h5,7,10-11,18-20H,3-4,6,8-9,12-17H2,1-2H3,(H2,26,29). The number of likely N-dealkylation sites (tertiary alicyclic amines) is 1. The number of hydrogen-bond acceptors (Lipinski definition) is 3. The van der Waals surface area contributed by atoms with Gasteiger partial charge in [-0.25, -0.2) is 4.79 Å². The molecule has 1 aromatic heterocycles. The molecular formula is C25H37N3OS. The van der Waals surface area contributed by atoms with E-state index < -0.39 is 0 Å². The quantitative estimate of drug-likeness (QED) is 0.347. The van der Waals surface area contributed by atoms with Gasteiger partial charge in [0.1, 0.15) is 0 Å². The maximum atomic E-state index is 12.1. The molecule has 5 heteroatoms. The zero-order valence-electron chi connectivity index (χ0n) is 18.6. The first-order valence-corrected chi connectivity index (χ1v) is 12.5. The lowest BCUT2D eigenvalue weighted by molar-refractivity contribution is 0.209. The highest BCUT2D eigenvalue weighted by molar-refractivity contribution is 7.17. The van der Waals surface area contributed by atoms with Crippen LogP contribution in [0.5, 0.6) is 0 Å². The summed E-state index contributed by atoms with van der Waals surface area (Å²) in [6.45, 7) is 8.64. The summed E-state index contributed by atoms with van der Waals surface area (Å²) in [4.78, 5) is 16.4. The van der Waals surface area contributed by atoms with Crippen molar-refractivity contribution in [1.82, 2.24) is 4.90 Å². The maximum Gasteiger partial charge on any atom is 0.319 e. The lowest BCUT2D eigenvalue weighted by atomic mass is 9.89. The first-order chi connectivity index (χ1) is 14.6. The van der Waals surface area contributed by atoms with Crippen LogP contribution in [0.1, 0.15) is 70.3 Å². The van der Waals surface area contributed by atoms with Gasteiger partial charge in [-0.15, -0.1) is 11.3 Å². The number of allylic oxidation sites excluding steroid dienone is 1. The van der Waals surface area contributed by atoms with Crippen molar-refractivity contribution in [1.29, 1.82) is 0 Å². The largest absolute Gasteiger partial charge is 0.351 e. The Labute approximate surface area is 185 Å². The Kier molecular flexibility index (Phi) is 8.76. The lowest BCUT2D eigenvalue weighted by Crippen LogP contribution is -2.36. The molecule has 0 unspecified atom stereocenters. The van der Waals surface area contributed by atoms with E-state index in [1.165, 1.54) is 67.4 Å². The van der Waals surface area contributed by atoms with Crippen LogP contribution in [0.15, 0.2) is 35.7 Å². The molecule has 1 aromatic carbocycles. The van der Waals surface area contributed by atoms with Crippen molar-refractivity contribution in [2.45, 2.75) is 64.7 Å². The van der Waals surface area contributed by atoms with Crippen molar-refractivity contribution in [3.05, 3.63) is 41.3 Å². The van der Waals surface area contributed by atoms with Gasteiger partial charge in [-0.05, 0) is 92.2 Å². The number of unbranched alkanes of at least 4 members (excludes halogenated alkanes) is 2. The highest BCUT2D eigenvalue weighted by Crippen LogP contribution is 2.38. The number of carbonyl (C=O) groups excluding carboxylic acids is 1. The van der Waals surface area contributed by atoms with Crippen LogP contribution < -0.4 is 10.6 Å². The molecule has 1 aliphatic heterocycles. The summed E-state index contributed by atoms with van der Waals surface area (Å²) >= 11 is 1.82. The minimum Gasteiger partial charge on any atom is -0.351 e. The fraction of sp³-hybridized carbons (Fsp3) is 0.560. The summed E-state index contributed by atoms with van der Waals surface area (Å²) in [6, 6.07) is 5.99. The average molecular weight is 428 g/mol. The summed E-state index contributed by atoms with van der Waals surface area (Å²) in [5, 5.41) is 3.64. The van der Waals surface area contributed by atoms with E-state index in [4.69, 9.17) is 5.73 Å². The Morgan fingerprint density at radius 3 is 2.73 bits per heavy atom. The number of primary amides is 1. The normalized spacial score (nSPS) is 15.9. The zero-order valence-corrected chi connectivity index (χ0v) is 19.4. The average Bonchev–Trinajstić information content (AvgIpc) is 3.17.